The van der Waals surface area contributed by atoms with Crippen LogP contribution in [-0.2, 0) is 27.9 Å². The second kappa shape index (κ2) is 28.5. The molecule has 0 saturated carbocycles. The lowest BCUT2D eigenvalue weighted by Gasteiger charge is -2.19. The molecule has 0 spiro atoms. The molecule has 0 aliphatic rings. The number of ether oxygens (including phenoxy) is 2. The molecule has 0 aliphatic carbocycles. The second-order valence-electron chi connectivity index (χ2n) is 9.97. The Morgan fingerprint density at radius 2 is 1.36 bits per heavy atom. The zero-order chi connectivity index (χ0) is 28.9. The van der Waals surface area contributed by atoms with Crippen LogP contribution in [0.4, 0.5) is 0 Å². The van der Waals surface area contributed by atoms with Crippen LogP contribution in [0.25, 0.3) is 0 Å². The van der Waals surface area contributed by atoms with Gasteiger partial charge in [-0.2, -0.15) is 0 Å². The van der Waals surface area contributed by atoms with Crippen molar-refractivity contribution in [2.75, 3.05) is 33.0 Å². The van der Waals surface area contributed by atoms with Crippen molar-refractivity contribution in [2.45, 2.75) is 129 Å². The zero-order valence-corrected chi connectivity index (χ0v) is 25.8. The lowest BCUT2D eigenvalue weighted by Crippen LogP contribution is -2.28. The molecule has 0 amide bonds. The van der Waals surface area contributed by atoms with Crippen molar-refractivity contribution >= 4 is 13.8 Å². The van der Waals surface area contributed by atoms with E-state index in [4.69, 9.17) is 24.3 Å². The molecule has 9 heteroatoms. The van der Waals surface area contributed by atoms with Gasteiger partial charge in [-0.05, 0) is 44.9 Å². The fourth-order valence-electron chi connectivity index (χ4n) is 3.89. The molecule has 230 valence electrons. The van der Waals surface area contributed by atoms with Gasteiger partial charge in [-0.1, -0.05) is 95.9 Å². The minimum atomic E-state index is -4.24. The highest BCUT2D eigenvalue weighted by Crippen LogP contribution is 2.43. The van der Waals surface area contributed by atoms with Crippen molar-refractivity contribution in [3.63, 3.8) is 0 Å². The maximum absolute atomic E-state index is 11.8. The maximum Gasteiger partial charge on any atom is 0.472 e. The van der Waals surface area contributed by atoms with E-state index in [9.17, 15) is 14.3 Å². The van der Waals surface area contributed by atoms with Gasteiger partial charge in [-0.25, -0.2) is 4.57 Å². The summed E-state index contributed by atoms with van der Waals surface area (Å²) in [7, 11) is -4.24. The van der Waals surface area contributed by atoms with Crippen molar-refractivity contribution in [1.82, 2.24) is 0 Å². The Bertz CT molecular complexity index is 657. The van der Waals surface area contributed by atoms with Crippen molar-refractivity contribution in [2.24, 2.45) is 5.73 Å². The van der Waals surface area contributed by atoms with Gasteiger partial charge in [0, 0.05) is 19.6 Å². The molecule has 39 heavy (non-hydrogen) atoms. The summed E-state index contributed by atoms with van der Waals surface area (Å²) in [6.07, 6.45) is 27.7. The smallest absolute Gasteiger partial charge is 0.457 e. The highest BCUT2D eigenvalue weighted by atomic mass is 31.2. The number of phosphoric acid groups is 1. The number of nitrogens with two attached hydrogens (primary N) is 1. The van der Waals surface area contributed by atoms with E-state index in [1.807, 2.05) is 6.92 Å². The number of phosphoric ester groups is 1. The van der Waals surface area contributed by atoms with Gasteiger partial charge in [0.15, 0.2) is 0 Å². The average Bonchev–Trinajstić information content (AvgIpc) is 2.91. The Morgan fingerprint density at radius 3 is 1.95 bits per heavy atom. The van der Waals surface area contributed by atoms with E-state index in [1.165, 1.54) is 77.0 Å². The molecule has 0 rings (SSSR count). The SMILES string of the molecule is CCCCCC/C=C\C/C=C\CCCCCCCCCCOCC(COP(=O)(O)OCCN)OC(=O)CCC. The van der Waals surface area contributed by atoms with Gasteiger partial charge in [0.05, 0.1) is 19.8 Å². The summed E-state index contributed by atoms with van der Waals surface area (Å²) in [4.78, 5) is 21.5. The molecule has 0 fully saturated rings. The molecular formula is C30H58NO7P. The van der Waals surface area contributed by atoms with Gasteiger partial charge in [-0.15, -0.1) is 0 Å². The molecule has 0 heterocycles. The Morgan fingerprint density at radius 1 is 0.769 bits per heavy atom. The summed E-state index contributed by atoms with van der Waals surface area (Å²) in [6.45, 7) is 4.50. The van der Waals surface area contributed by atoms with Crippen molar-refractivity contribution in [3.8, 4) is 0 Å². The Labute approximate surface area is 238 Å². The summed E-state index contributed by atoms with van der Waals surface area (Å²) in [5, 5.41) is 0. The molecule has 2 atom stereocenters. The van der Waals surface area contributed by atoms with Crippen LogP contribution in [-0.4, -0.2) is 49.9 Å². The molecular weight excluding hydrogens is 517 g/mol. The minimum absolute atomic E-state index is 0.0979. The third-order valence-electron chi connectivity index (χ3n) is 6.09. The highest BCUT2D eigenvalue weighted by Gasteiger charge is 2.25. The number of esters is 1. The van der Waals surface area contributed by atoms with Gasteiger partial charge in [0.1, 0.15) is 6.10 Å². The third kappa shape index (κ3) is 28.3. The summed E-state index contributed by atoms with van der Waals surface area (Å²) < 4.78 is 32.5. The molecule has 8 nitrogen and oxygen atoms in total. The van der Waals surface area contributed by atoms with Gasteiger partial charge >= 0.3 is 13.8 Å². The molecule has 0 aromatic heterocycles. The zero-order valence-electron chi connectivity index (χ0n) is 24.9. The number of unbranched alkanes of at least 4 members (excludes halogenated alkanes) is 12. The van der Waals surface area contributed by atoms with Crippen LogP contribution in [0.5, 0.6) is 0 Å². The standard InChI is InChI=1S/C30H58NO7P/c1-3-5-6-7-8-9-10-11-12-13-14-15-16-17-18-19-20-21-22-25-35-27-29(38-30(32)23-4-2)28-37-39(33,34)36-26-24-31/h9-10,12-13,29H,3-8,11,14-28,31H2,1-2H3,(H,33,34)/b10-9-,13-12-. The molecule has 3 N–H and O–H groups in total. The summed E-state index contributed by atoms with van der Waals surface area (Å²) in [5.41, 5.74) is 5.27. The predicted octanol–water partition coefficient (Wildman–Crippen LogP) is 7.79. The fourth-order valence-corrected chi connectivity index (χ4v) is 4.65. The van der Waals surface area contributed by atoms with Crippen molar-refractivity contribution in [3.05, 3.63) is 24.3 Å². The molecule has 0 aliphatic heterocycles. The van der Waals surface area contributed by atoms with Crippen molar-refractivity contribution < 1.29 is 32.8 Å². The Balaban J connectivity index is 3.75. The van der Waals surface area contributed by atoms with Crippen LogP contribution < -0.4 is 5.73 Å². The fraction of sp³-hybridized carbons (Fsp3) is 0.833. The van der Waals surface area contributed by atoms with Gasteiger partial charge in [0.2, 0.25) is 0 Å². The van der Waals surface area contributed by atoms with Crippen LogP contribution in [0, 0.1) is 0 Å². The highest BCUT2D eigenvalue weighted by molar-refractivity contribution is 7.47. The largest absolute Gasteiger partial charge is 0.472 e. The van der Waals surface area contributed by atoms with E-state index >= 15 is 0 Å². The monoisotopic (exact) mass is 575 g/mol. The van der Waals surface area contributed by atoms with E-state index in [1.54, 1.807) is 0 Å². The quantitative estimate of drug-likeness (QED) is 0.0402. The third-order valence-corrected chi connectivity index (χ3v) is 7.08. The first kappa shape index (κ1) is 38.0. The van der Waals surface area contributed by atoms with Crippen LogP contribution in [0.3, 0.4) is 0 Å². The van der Waals surface area contributed by atoms with Gasteiger partial charge in [0.25, 0.3) is 0 Å². The lowest BCUT2D eigenvalue weighted by molar-refractivity contribution is -0.154. The number of allylic oxidation sites excluding steroid dienone is 4. The molecule has 0 saturated heterocycles. The Hall–Kier alpha value is -1.02. The molecule has 0 aromatic carbocycles. The predicted molar refractivity (Wildman–Crippen MR) is 160 cm³/mol. The minimum Gasteiger partial charge on any atom is -0.457 e. The van der Waals surface area contributed by atoms with Gasteiger partial charge in [-0.3, -0.25) is 13.8 Å². The molecule has 0 aromatic rings. The van der Waals surface area contributed by atoms with Crippen LogP contribution in [0.2, 0.25) is 0 Å². The van der Waals surface area contributed by atoms with E-state index < -0.39 is 13.9 Å². The number of rotatable bonds is 29. The first-order valence-corrected chi connectivity index (χ1v) is 16.8. The summed E-state index contributed by atoms with van der Waals surface area (Å²) in [6, 6.07) is 0. The van der Waals surface area contributed by atoms with E-state index in [2.05, 4.69) is 31.2 Å². The summed E-state index contributed by atoms with van der Waals surface area (Å²) in [5.74, 6) is -0.387. The number of hydrogen-bond acceptors (Lipinski definition) is 7. The summed E-state index contributed by atoms with van der Waals surface area (Å²) >= 11 is 0. The normalized spacial score (nSPS) is 14.3. The van der Waals surface area contributed by atoms with E-state index in [-0.39, 0.29) is 38.8 Å². The molecule has 0 bridgehead atoms. The first-order chi connectivity index (χ1) is 18.9. The molecule has 0 radical (unpaired) electrons. The van der Waals surface area contributed by atoms with Crippen LogP contribution in [0.1, 0.15) is 123 Å². The van der Waals surface area contributed by atoms with Gasteiger partial charge < -0.3 is 20.1 Å². The molecule has 2 unspecified atom stereocenters. The van der Waals surface area contributed by atoms with Crippen LogP contribution >= 0.6 is 7.82 Å². The average molecular weight is 576 g/mol. The van der Waals surface area contributed by atoms with Crippen LogP contribution in [0.15, 0.2) is 24.3 Å². The number of hydrogen-bond donors (Lipinski definition) is 2. The van der Waals surface area contributed by atoms with Crippen molar-refractivity contribution in [1.29, 1.82) is 0 Å². The Kier molecular flexibility index (Phi) is 27.8. The second-order valence-corrected chi connectivity index (χ2v) is 11.4. The lowest BCUT2D eigenvalue weighted by atomic mass is 10.1. The number of carbonyl (C=O) groups excluding carboxylic acids is 1. The topological polar surface area (TPSA) is 117 Å². The van der Waals surface area contributed by atoms with E-state index in [0.29, 0.717) is 13.0 Å². The number of carbonyl (C=O) groups is 1. The first-order valence-electron chi connectivity index (χ1n) is 15.3. The maximum atomic E-state index is 11.8. The van der Waals surface area contributed by atoms with E-state index in [0.717, 1.165) is 19.3 Å².